The van der Waals surface area contributed by atoms with Gasteiger partial charge in [0.25, 0.3) is 5.92 Å². The van der Waals surface area contributed by atoms with E-state index in [0.29, 0.717) is 38.5 Å². The fourth-order valence-electron chi connectivity index (χ4n) is 5.67. The number of nitrogens with two attached hydrogens (primary N) is 1. The van der Waals surface area contributed by atoms with Crippen LogP contribution >= 0.6 is 0 Å². The minimum atomic E-state index is -5.48. The number of anilines is 2. The van der Waals surface area contributed by atoms with Crippen molar-refractivity contribution in [1.29, 1.82) is 0 Å². The Hall–Kier alpha value is -3.73. The summed E-state index contributed by atoms with van der Waals surface area (Å²) in [5.41, 5.74) is -1.52. The Kier molecular flexibility index (Phi) is 11.1. The molecule has 9 nitrogen and oxygen atoms in total. The molecule has 0 aliphatic carbocycles. The van der Waals surface area contributed by atoms with E-state index < -0.39 is 94.1 Å². The number of nitrogens with zero attached hydrogens (tertiary/aromatic N) is 4. The number of likely N-dealkylation sites (N-methyl/N-ethyl adjacent to an activating group) is 1. The van der Waals surface area contributed by atoms with Gasteiger partial charge in [-0.05, 0) is 32.4 Å². The summed E-state index contributed by atoms with van der Waals surface area (Å²) in [6.07, 6.45) is -5.73. The molecule has 17 heteroatoms. The number of nitrogens with one attached hydrogen (secondary N) is 2. The summed E-state index contributed by atoms with van der Waals surface area (Å²) >= 11 is 0. The number of hydrogen-bond donors (Lipinski definition) is 3. The third-order valence-corrected chi connectivity index (χ3v) is 8.23. The number of benzene rings is 1. The molecule has 2 aliphatic heterocycles. The average molecular weight is 694 g/mol. The van der Waals surface area contributed by atoms with Gasteiger partial charge in [0.05, 0.1) is 23.9 Å². The van der Waals surface area contributed by atoms with E-state index in [1.54, 1.807) is 18.7 Å². The number of nitrogen functional groups attached to an aromatic ring is 1. The first-order valence-electron chi connectivity index (χ1n) is 15.7. The van der Waals surface area contributed by atoms with Gasteiger partial charge in [-0.1, -0.05) is 27.7 Å². The first-order chi connectivity index (χ1) is 22.6. The lowest BCUT2D eigenvalue weighted by molar-refractivity contribution is -0.139. The smallest absolute Gasteiger partial charge is 0.419 e. The van der Waals surface area contributed by atoms with E-state index in [4.69, 9.17) is 15.2 Å². The molecule has 266 valence electrons. The molecule has 5 rings (SSSR count). The van der Waals surface area contributed by atoms with Crippen LogP contribution in [0.2, 0.25) is 0 Å². The number of alkyl halides is 5. The molecule has 3 aromatic rings. The lowest BCUT2D eigenvalue weighted by Gasteiger charge is -2.46. The second kappa shape index (κ2) is 14.4. The van der Waals surface area contributed by atoms with Crippen molar-refractivity contribution in [2.75, 3.05) is 50.4 Å². The molecule has 1 aromatic carbocycles. The van der Waals surface area contributed by atoms with Crippen LogP contribution in [0.5, 0.6) is 11.9 Å². The van der Waals surface area contributed by atoms with Crippen molar-refractivity contribution in [3.8, 4) is 23.1 Å². The maximum Gasteiger partial charge on any atom is 0.419 e. The highest BCUT2D eigenvalue weighted by Crippen LogP contribution is 2.48. The van der Waals surface area contributed by atoms with Gasteiger partial charge in [0, 0.05) is 31.6 Å². The Labute approximate surface area is 272 Å². The molecule has 2 atom stereocenters. The van der Waals surface area contributed by atoms with E-state index in [9.17, 15) is 30.7 Å². The second-order valence-corrected chi connectivity index (χ2v) is 11.5. The van der Waals surface area contributed by atoms with Crippen molar-refractivity contribution in [2.24, 2.45) is 0 Å². The third kappa shape index (κ3) is 7.31. The third-order valence-electron chi connectivity index (χ3n) is 8.23. The normalized spacial score (nSPS) is 19.3. The predicted octanol–water partition coefficient (Wildman–Crippen LogP) is 6.80. The molecular weight excluding hydrogens is 654 g/mol. The van der Waals surface area contributed by atoms with Gasteiger partial charge < -0.3 is 25.8 Å². The molecule has 0 bridgehead atoms. The molecule has 2 aromatic heterocycles. The van der Waals surface area contributed by atoms with Crippen LogP contribution in [0.25, 0.3) is 22.2 Å². The van der Waals surface area contributed by atoms with Crippen molar-refractivity contribution in [2.45, 2.75) is 77.6 Å². The van der Waals surface area contributed by atoms with Crippen LogP contribution in [0.15, 0.2) is 6.07 Å². The number of ether oxygens (including phenoxy) is 2. The Morgan fingerprint density at radius 3 is 2.33 bits per heavy atom. The van der Waals surface area contributed by atoms with Crippen LogP contribution < -0.4 is 25.8 Å². The summed E-state index contributed by atoms with van der Waals surface area (Å²) < 4.78 is 128. The van der Waals surface area contributed by atoms with Gasteiger partial charge in [-0.15, -0.1) is 0 Å². The fraction of sp³-hybridized carbons (Fsp3) is 0.581. The van der Waals surface area contributed by atoms with Crippen LogP contribution in [0.1, 0.15) is 59.4 Å². The SMILES string of the molecule is CC.CCNCCNc1nc(OCC23CCN2CC(F)(F)C3)nc2c(F)c(-c3cc(N)c(F)c(F)c3C(F)(F)F)nc(OC(C)CC)c12. The quantitative estimate of drug-likeness (QED) is 0.107. The highest BCUT2D eigenvalue weighted by atomic mass is 19.4. The molecule has 4 heterocycles. The molecule has 2 fully saturated rings. The zero-order valence-corrected chi connectivity index (χ0v) is 27.2. The first kappa shape index (κ1) is 37.1. The van der Waals surface area contributed by atoms with Crippen molar-refractivity contribution in [3.05, 3.63) is 29.1 Å². The number of aromatic nitrogens is 3. The van der Waals surface area contributed by atoms with Crippen LogP contribution in [0.3, 0.4) is 0 Å². The summed E-state index contributed by atoms with van der Waals surface area (Å²) in [6.45, 7) is 10.3. The molecular formula is C31H39F8N7O2. The number of pyridine rings is 1. The zero-order valence-electron chi connectivity index (χ0n) is 27.2. The number of hydrogen-bond acceptors (Lipinski definition) is 9. The summed E-state index contributed by atoms with van der Waals surface area (Å²) in [7, 11) is 0. The zero-order chi connectivity index (χ0) is 35.6. The summed E-state index contributed by atoms with van der Waals surface area (Å²) in [5.74, 6) is -9.13. The van der Waals surface area contributed by atoms with E-state index >= 15 is 4.39 Å². The lowest BCUT2D eigenvalue weighted by atomic mass is 9.85. The maximum absolute atomic E-state index is 16.4. The van der Waals surface area contributed by atoms with Crippen molar-refractivity contribution in [3.63, 3.8) is 0 Å². The fourth-order valence-corrected chi connectivity index (χ4v) is 5.67. The molecule has 0 saturated carbocycles. The van der Waals surface area contributed by atoms with Gasteiger partial charge >= 0.3 is 12.2 Å². The van der Waals surface area contributed by atoms with Gasteiger partial charge in [0.1, 0.15) is 34.6 Å². The van der Waals surface area contributed by atoms with Crippen LogP contribution in [0.4, 0.5) is 46.6 Å². The second-order valence-electron chi connectivity index (χ2n) is 11.5. The molecule has 4 N–H and O–H groups in total. The predicted molar refractivity (Wildman–Crippen MR) is 165 cm³/mol. The van der Waals surface area contributed by atoms with Gasteiger partial charge in [-0.25, -0.2) is 26.9 Å². The van der Waals surface area contributed by atoms with E-state index in [1.807, 2.05) is 20.8 Å². The van der Waals surface area contributed by atoms with E-state index in [1.165, 1.54) is 0 Å². The average Bonchev–Trinajstić information content (AvgIpc) is 3.21. The van der Waals surface area contributed by atoms with Crippen LogP contribution in [-0.4, -0.2) is 76.7 Å². The number of rotatable bonds is 12. The Bertz CT molecular complexity index is 1620. The van der Waals surface area contributed by atoms with Crippen molar-refractivity contribution >= 4 is 22.4 Å². The van der Waals surface area contributed by atoms with Crippen LogP contribution in [0, 0.1) is 17.5 Å². The molecule has 2 unspecified atom stereocenters. The molecule has 2 saturated heterocycles. The van der Waals surface area contributed by atoms with Gasteiger partial charge in [0.2, 0.25) is 5.88 Å². The van der Waals surface area contributed by atoms with Gasteiger partial charge in [-0.3, -0.25) is 4.90 Å². The van der Waals surface area contributed by atoms with Crippen molar-refractivity contribution < 1.29 is 44.6 Å². The van der Waals surface area contributed by atoms with Gasteiger partial charge in [0.15, 0.2) is 17.5 Å². The monoisotopic (exact) mass is 693 g/mol. The van der Waals surface area contributed by atoms with Crippen molar-refractivity contribution in [1.82, 2.24) is 25.2 Å². The maximum atomic E-state index is 16.4. The first-order valence-corrected chi connectivity index (χ1v) is 15.7. The largest absolute Gasteiger partial charge is 0.474 e. The number of fused-ring (bicyclic) bond motifs is 2. The Morgan fingerprint density at radius 1 is 1.04 bits per heavy atom. The molecule has 0 amide bonds. The summed E-state index contributed by atoms with van der Waals surface area (Å²) in [4.78, 5) is 14.1. The highest BCUT2D eigenvalue weighted by molar-refractivity contribution is 5.96. The van der Waals surface area contributed by atoms with Gasteiger partial charge in [-0.2, -0.15) is 23.1 Å². The standard InChI is InChI=1S/C29H33F8N7O2.C2H6/c1-4-14(3)46-25-17-23(21(32)22(41-25)15-10-16(38)19(30)20(31)18(15)29(35,36)37)42-26(43-24(17)40-8-7-39-5-2)45-13-27-6-9-44(27)12-28(33,34)11-27;1-2/h10,14,39H,4-9,11-13,38H2,1-3H3,(H,40,42,43);1-2H3. The summed E-state index contributed by atoms with van der Waals surface area (Å²) in [6, 6.07) is -0.0223. The molecule has 0 spiro atoms. The van der Waals surface area contributed by atoms with Crippen LogP contribution in [-0.2, 0) is 6.18 Å². The highest BCUT2D eigenvalue weighted by Gasteiger charge is 2.60. The summed E-state index contributed by atoms with van der Waals surface area (Å²) in [5, 5.41) is 5.92. The van der Waals surface area contributed by atoms with E-state index in [-0.39, 0.29) is 24.4 Å². The number of halogens is 8. The molecule has 2 aliphatic rings. The van der Waals surface area contributed by atoms with E-state index in [2.05, 4.69) is 25.6 Å². The molecule has 0 radical (unpaired) electrons. The molecule has 48 heavy (non-hydrogen) atoms. The lowest BCUT2D eigenvalue weighted by Crippen LogP contribution is -2.59. The Morgan fingerprint density at radius 2 is 1.75 bits per heavy atom. The van der Waals surface area contributed by atoms with E-state index in [0.717, 1.165) is 0 Å². The minimum absolute atomic E-state index is 0.0604. The Balaban J connectivity index is 0.00000255. The minimum Gasteiger partial charge on any atom is -0.474 e. The topological polar surface area (TPSA) is 110 Å².